The summed E-state index contributed by atoms with van der Waals surface area (Å²) < 4.78 is 0. The van der Waals surface area contributed by atoms with Crippen molar-refractivity contribution >= 4 is 5.97 Å². The summed E-state index contributed by atoms with van der Waals surface area (Å²) in [5.74, 6) is 4.73. The molecule has 0 aromatic carbocycles. The fourth-order valence-electron chi connectivity index (χ4n) is 0.801. The molecule has 0 aliphatic rings. The van der Waals surface area contributed by atoms with Gasteiger partial charge in [0.25, 0.3) is 0 Å². The van der Waals surface area contributed by atoms with Crippen LogP contribution in [0.5, 0.6) is 0 Å². The quantitative estimate of drug-likeness (QED) is 0.378. The van der Waals surface area contributed by atoms with Crippen molar-refractivity contribution in [2.75, 3.05) is 13.1 Å². The predicted molar refractivity (Wildman–Crippen MR) is 52.3 cm³/mol. The molecule has 0 bridgehead atoms. The van der Waals surface area contributed by atoms with Gasteiger partial charge in [-0.2, -0.15) is 0 Å². The highest BCUT2D eigenvalue weighted by atomic mass is 16.4. The van der Waals surface area contributed by atoms with Crippen LogP contribution in [-0.4, -0.2) is 24.2 Å². The number of carboxylic acid groups (broad SMARTS) is 1. The number of hydrogen-bond acceptors (Lipinski definition) is 2. The van der Waals surface area contributed by atoms with E-state index < -0.39 is 5.97 Å². The molecule has 0 radical (unpaired) electrons. The van der Waals surface area contributed by atoms with Crippen molar-refractivity contribution in [3.05, 3.63) is 11.6 Å². The predicted octanol–water partition coefficient (Wildman–Crippen LogP) is 1.02. The molecule has 0 amide bonds. The zero-order valence-corrected chi connectivity index (χ0v) is 8.05. The molecule has 0 rings (SSSR count). The lowest BCUT2D eigenvalue weighted by molar-refractivity contribution is -0.132. The van der Waals surface area contributed by atoms with E-state index in [2.05, 4.69) is 17.2 Å². The van der Waals surface area contributed by atoms with Crippen LogP contribution >= 0.6 is 0 Å². The van der Waals surface area contributed by atoms with Gasteiger partial charge < -0.3 is 10.4 Å². The van der Waals surface area contributed by atoms with Crippen LogP contribution in [-0.2, 0) is 4.79 Å². The zero-order chi connectivity index (χ0) is 10.1. The minimum atomic E-state index is -0.842. The minimum absolute atomic E-state index is 0.442. The number of carboxylic acids is 1. The molecule has 0 saturated heterocycles. The van der Waals surface area contributed by atoms with Crippen molar-refractivity contribution in [3.8, 4) is 11.8 Å². The van der Waals surface area contributed by atoms with Crippen LogP contribution in [0, 0.1) is 11.8 Å². The number of aliphatic carboxylic acids is 1. The van der Waals surface area contributed by atoms with Crippen molar-refractivity contribution in [2.45, 2.75) is 20.3 Å². The van der Waals surface area contributed by atoms with E-state index in [4.69, 9.17) is 5.11 Å². The van der Waals surface area contributed by atoms with Crippen LogP contribution in [0.1, 0.15) is 20.3 Å². The summed E-state index contributed by atoms with van der Waals surface area (Å²) in [6, 6.07) is 0. The molecule has 0 spiro atoms. The molecule has 3 heteroatoms. The van der Waals surface area contributed by atoms with E-state index in [1.165, 1.54) is 0 Å². The van der Waals surface area contributed by atoms with Crippen LogP contribution in [0.25, 0.3) is 0 Å². The van der Waals surface area contributed by atoms with Gasteiger partial charge in [0, 0.05) is 12.1 Å². The molecule has 0 unspecified atom stereocenters. The average Bonchev–Trinajstić information content (AvgIpc) is 2.10. The highest BCUT2D eigenvalue weighted by Crippen LogP contribution is 1.98. The van der Waals surface area contributed by atoms with Crippen LogP contribution < -0.4 is 5.32 Å². The van der Waals surface area contributed by atoms with Gasteiger partial charge in [0.1, 0.15) is 0 Å². The van der Waals surface area contributed by atoms with E-state index >= 15 is 0 Å². The zero-order valence-electron chi connectivity index (χ0n) is 8.05. The third-order valence-corrected chi connectivity index (χ3v) is 1.54. The molecule has 2 N–H and O–H groups in total. The second-order valence-electron chi connectivity index (χ2n) is 2.45. The molecule has 0 atom stereocenters. The molecule has 3 nitrogen and oxygen atoms in total. The summed E-state index contributed by atoms with van der Waals surface area (Å²) in [5.41, 5.74) is 0.442. The van der Waals surface area contributed by atoms with Gasteiger partial charge in [0.05, 0.1) is 6.54 Å². The maximum atomic E-state index is 10.5. The van der Waals surface area contributed by atoms with Crippen LogP contribution in [0.2, 0.25) is 0 Å². The Morgan fingerprint density at radius 2 is 2.31 bits per heavy atom. The number of hydrogen-bond donors (Lipinski definition) is 2. The Labute approximate surface area is 78.8 Å². The molecular weight excluding hydrogens is 166 g/mol. The van der Waals surface area contributed by atoms with Crippen LogP contribution in [0.3, 0.4) is 0 Å². The van der Waals surface area contributed by atoms with E-state index in [1.54, 1.807) is 13.0 Å². The van der Waals surface area contributed by atoms with Crippen molar-refractivity contribution in [1.29, 1.82) is 0 Å². The summed E-state index contributed by atoms with van der Waals surface area (Å²) >= 11 is 0. The first-order chi connectivity index (χ1) is 6.22. The van der Waals surface area contributed by atoms with Crippen molar-refractivity contribution in [1.82, 2.24) is 5.32 Å². The smallest absolute Gasteiger partial charge is 0.331 e. The molecule has 13 heavy (non-hydrogen) atoms. The van der Waals surface area contributed by atoms with Gasteiger partial charge >= 0.3 is 5.97 Å². The Morgan fingerprint density at radius 1 is 1.62 bits per heavy atom. The fraction of sp³-hybridized carbons (Fsp3) is 0.500. The highest BCUT2D eigenvalue weighted by Gasteiger charge is 2.01. The molecule has 0 aliphatic heterocycles. The van der Waals surface area contributed by atoms with E-state index in [9.17, 15) is 4.79 Å². The summed E-state index contributed by atoms with van der Waals surface area (Å²) in [6.45, 7) is 4.76. The lowest BCUT2D eigenvalue weighted by Gasteiger charge is -1.98. The molecule has 0 heterocycles. The van der Waals surface area contributed by atoms with Crippen molar-refractivity contribution in [2.24, 2.45) is 0 Å². The lowest BCUT2D eigenvalue weighted by atomic mass is 10.2. The average molecular weight is 181 g/mol. The standard InChI is InChI=1S/C10H15NO2/c1-3-5-7-11-8-6-9(4-2)10(12)13/h6,11H,4,7-8H2,1-2H3,(H,12,13). The van der Waals surface area contributed by atoms with Gasteiger partial charge in [-0.05, 0) is 13.3 Å². The number of rotatable bonds is 5. The molecule has 0 aliphatic carbocycles. The van der Waals surface area contributed by atoms with Gasteiger partial charge in [-0.1, -0.05) is 18.9 Å². The normalized spacial score (nSPS) is 10.5. The monoisotopic (exact) mass is 181 g/mol. The van der Waals surface area contributed by atoms with E-state index in [1.807, 2.05) is 6.92 Å². The number of carbonyl (C=O) groups is 1. The third kappa shape index (κ3) is 5.94. The molecule has 0 aromatic rings. The Balaban J connectivity index is 3.78. The van der Waals surface area contributed by atoms with Crippen molar-refractivity contribution < 1.29 is 9.90 Å². The summed E-state index contributed by atoms with van der Waals surface area (Å²) in [6.07, 6.45) is 2.23. The maximum absolute atomic E-state index is 10.5. The molecular formula is C10H15NO2. The largest absolute Gasteiger partial charge is 0.478 e. The first-order valence-corrected chi connectivity index (χ1v) is 4.25. The van der Waals surface area contributed by atoms with Crippen LogP contribution in [0.4, 0.5) is 0 Å². The topological polar surface area (TPSA) is 49.3 Å². The van der Waals surface area contributed by atoms with Gasteiger partial charge in [-0.15, -0.1) is 5.92 Å². The second-order valence-corrected chi connectivity index (χ2v) is 2.45. The molecule has 0 saturated carbocycles. The SMILES string of the molecule is CC#CCNCC=C(CC)C(=O)O. The summed E-state index contributed by atoms with van der Waals surface area (Å²) in [4.78, 5) is 10.5. The third-order valence-electron chi connectivity index (χ3n) is 1.54. The Morgan fingerprint density at radius 3 is 2.77 bits per heavy atom. The molecule has 0 aromatic heterocycles. The van der Waals surface area contributed by atoms with Gasteiger partial charge in [-0.25, -0.2) is 4.79 Å². The second kappa shape index (κ2) is 7.38. The molecule has 72 valence electrons. The van der Waals surface area contributed by atoms with Crippen LogP contribution in [0.15, 0.2) is 11.6 Å². The van der Waals surface area contributed by atoms with Gasteiger partial charge in [-0.3, -0.25) is 0 Å². The van der Waals surface area contributed by atoms with E-state index in [0.29, 0.717) is 25.1 Å². The van der Waals surface area contributed by atoms with Gasteiger partial charge in [0.2, 0.25) is 0 Å². The summed E-state index contributed by atoms with van der Waals surface area (Å²) in [5, 5.41) is 11.6. The first-order valence-electron chi connectivity index (χ1n) is 4.25. The van der Waals surface area contributed by atoms with Gasteiger partial charge in [0.15, 0.2) is 0 Å². The fourth-order valence-corrected chi connectivity index (χ4v) is 0.801. The Kier molecular flexibility index (Phi) is 6.66. The summed E-state index contributed by atoms with van der Waals surface area (Å²) in [7, 11) is 0. The maximum Gasteiger partial charge on any atom is 0.331 e. The van der Waals surface area contributed by atoms with Crippen molar-refractivity contribution in [3.63, 3.8) is 0 Å². The minimum Gasteiger partial charge on any atom is -0.478 e. The molecule has 0 fully saturated rings. The van der Waals surface area contributed by atoms with E-state index in [-0.39, 0.29) is 0 Å². The van der Waals surface area contributed by atoms with E-state index in [0.717, 1.165) is 0 Å². The Hall–Kier alpha value is -1.27. The first kappa shape index (κ1) is 11.7. The lowest BCUT2D eigenvalue weighted by Crippen LogP contribution is -2.15. The highest BCUT2D eigenvalue weighted by molar-refractivity contribution is 5.86. The number of nitrogens with one attached hydrogen (secondary N) is 1. The Bertz CT molecular complexity index is 245.